The van der Waals surface area contributed by atoms with Gasteiger partial charge >= 0.3 is 0 Å². The molecule has 4 nitrogen and oxygen atoms in total. The van der Waals surface area contributed by atoms with Crippen molar-refractivity contribution in [3.8, 4) is 0 Å². The minimum atomic E-state index is -2.81. The summed E-state index contributed by atoms with van der Waals surface area (Å²) < 4.78 is 22.0. The second-order valence-corrected chi connectivity index (χ2v) is 7.19. The van der Waals surface area contributed by atoms with Crippen LogP contribution in [0.3, 0.4) is 0 Å². The first-order valence-electron chi connectivity index (χ1n) is 6.04. The fourth-order valence-electron chi connectivity index (χ4n) is 2.04. The standard InChI is InChI=1S/C11H24N2O2S/c1-13(8-9-16(2,14)15)7-3-4-11-5-6-12-10-11/h11-12H,3-10H2,1-2H3. The average molecular weight is 248 g/mol. The minimum absolute atomic E-state index is 0.272. The maximum atomic E-state index is 11.0. The van der Waals surface area contributed by atoms with E-state index in [2.05, 4.69) is 10.2 Å². The summed E-state index contributed by atoms with van der Waals surface area (Å²) in [6.45, 7) is 3.98. The van der Waals surface area contributed by atoms with Gasteiger partial charge in [-0.3, -0.25) is 0 Å². The van der Waals surface area contributed by atoms with Gasteiger partial charge in [0, 0.05) is 12.8 Å². The first-order chi connectivity index (χ1) is 7.47. The van der Waals surface area contributed by atoms with Gasteiger partial charge in [0.1, 0.15) is 9.84 Å². The van der Waals surface area contributed by atoms with Crippen molar-refractivity contribution in [3.05, 3.63) is 0 Å². The third-order valence-corrected chi connectivity index (χ3v) is 4.08. The van der Waals surface area contributed by atoms with Gasteiger partial charge in [-0.1, -0.05) is 0 Å². The van der Waals surface area contributed by atoms with Crippen LogP contribution in [-0.2, 0) is 9.84 Å². The van der Waals surface area contributed by atoms with Crippen LogP contribution in [0, 0.1) is 5.92 Å². The molecule has 1 atom stereocenters. The zero-order valence-corrected chi connectivity index (χ0v) is 11.2. The van der Waals surface area contributed by atoms with E-state index in [0.29, 0.717) is 6.54 Å². The van der Waals surface area contributed by atoms with Crippen LogP contribution >= 0.6 is 0 Å². The third-order valence-electron chi connectivity index (χ3n) is 3.16. The molecule has 0 aromatic heterocycles. The second kappa shape index (κ2) is 6.57. The van der Waals surface area contributed by atoms with Gasteiger partial charge in [0.05, 0.1) is 5.75 Å². The summed E-state index contributed by atoms with van der Waals surface area (Å²) >= 11 is 0. The number of rotatable bonds is 7. The van der Waals surface area contributed by atoms with Gasteiger partial charge in [-0.05, 0) is 51.9 Å². The van der Waals surface area contributed by atoms with E-state index in [-0.39, 0.29) is 5.75 Å². The van der Waals surface area contributed by atoms with E-state index in [1.54, 1.807) is 0 Å². The van der Waals surface area contributed by atoms with Crippen molar-refractivity contribution in [1.82, 2.24) is 10.2 Å². The molecule has 1 heterocycles. The molecule has 5 heteroatoms. The Bertz CT molecular complexity index is 284. The van der Waals surface area contributed by atoms with Gasteiger partial charge < -0.3 is 10.2 Å². The lowest BCUT2D eigenvalue weighted by Crippen LogP contribution is -2.26. The van der Waals surface area contributed by atoms with Crippen LogP contribution < -0.4 is 5.32 Å². The van der Waals surface area contributed by atoms with Crippen LogP contribution in [0.2, 0.25) is 0 Å². The molecule has 1 rings (SSSR count). The highest BCUT2D eigenvalue weighted by molar-refractivity contribution is 7.90. The molecule has 0 radical (unpaired) electrons. The van der Waals surface area contributed by atoms with Crippen LogP contribution in [0.5, 0.6) is 0 Å². The maximum absolute atomic E-state index is 11.0. The van der Waals surface area contributed by atoms with Crippen LogP contribution in [-0.4, -0.2) is 58.6 Å². The number of nitrogens with one attached hydrogen (secondary N) is 1. The van der Waals surface area contributed by atoms with Crippen molar-refractivity contribution in [2.75, 3.05) is 45.2 Å². The Morgan fingerprint density at radius 3 is 2.69 bits per heavy atom. The molecule has 0 aliphatic carbocycles. The minimum Gasteiger partial charge on any atom is -0.316 e. The molecule has 0 spiro atoms. The summed E-state index contributed by atoms with van der Waals surface area (Å²) in [5, 5.41) is 3.36. The Labute approximate surface area is 99.3 Å². The normalized spacial score (nSPS) is 21.8. The molecular formula is C11H24N2O2S. The molecular weight excluding hydrogens is 224 g/mol. The zero-order valence-electron chi connectivity index (χ0n) is 10.4. The molecule has 0 aromatic carbocycles. The molecule has 1 aliphatic rings. The third kappa shape index (κ3) is 6.45. The monoisotopic (exact) mass is 248 g/mol. The molecule has 0 bridgehead atoms. The fourth-order valence-corrected chi connectivity index (χ4v) is 2.69. The fraction of sp³-hybridized carbons (Fsp3) is 1.00. The molecule has 96 valence electrons. The van der Waals surface area contributed by atoms with Crippen LogP contribution in [0.4, 0.5) is 0 Å². The first-order valence-corrected chi connectivity index (χ1v) is 8.10. The molecule has 1 N–H and O–H groups in total. The summed E-state index contributed by atoms with van der Waals surface area (Å²) in [5.74, 6) is 1.11. The number of nitrogens with zero attached hydrogens (tertiary/aromatic N) is 1. The van der Waals surface area contributed by atoms with Gasteiger partial charge in [-0.25, -0.2) is 8.42 Å². The molecule has 0 saturated carbocycles. The summed E-state index contributed by atoms with van der Waals surface area (Å²) in [6.07, 6.45) is 5.03. The predicted octanol–water partition coefficient (Wildman–Crippen LogP) is 0.353. The lowest BCUT2D eigenvalue weighted by atomic mass is 10.0. The van der Waals surface area contributed by atoms with Gasteiger partial charge in [-0.15, -0.1) is 0 Å². The zero-order chi connectivity index (χ0) is 12.0. The highest BCUT2D eigenvalue weighted by atomic mass is 32.2. The largest absolute Gasteiger partial charge is 0.316 e. The van der Waals surface area contributed by atoms with E-state index in [1.165, 1.54) is 25.5 Å². The Kier molecular flexibility index (Phi) is 5.72. The highest BCUT2D eigenvalue weighted by Crippen LogP contribution is 2.14. The molecule has 1 saturated heterocycles. The molecule has 0 amide bonds. The van der Waals surface area contributed by atoms with Crippen LogP contribution in [0.15, 0.2) is 0 Å². The molecule has 16 heavy (non-hydrogen) atoms. The van der Waals surface area contributed by atoms with Crippen molar-refractivity contribution >= 4 is 9.84 Å². The predicted molar refractivity (Wildman–Crippen MR) is 67.4 cm³/mol. The Balaban J connectivity index is 2.03. The SMILES string of the molecule is CN(CCCC1CCNC1)CCS(C)(=O)=O. The number of sulfone groups is 1. The van der Waals surface area contributed by atoms with E-state index in [4.69, 9.17) is 0 Å². The van der Waals surface area contributed by atoms with Crippen molar-refractivity contribution < 1.29 is 8.42 Å². The Morgan fingerprint density at radius 1 is 1.38 bits per heavy atom. The van der Waals surface area contributed by atoms with Gasteiger partial charge in [0.25, 0.3) is 0 Å². The lowest BCUT2D eigenvalue weighted by molar-refractivity contribution is 0.330. The topological polar surface area (TPSA) is 49.4 Å². The summed E-state index contributed by atoms with van der Waals surface area (Å²) in [6, 6.07) is 0. The van der Waals surface area contributed by atoms with Crippen molar-refractivity contribution in [2.24, 2.45) is 5.92 Å². The van der Waals surface area contributed by atoms with Crippen LogP contribution in [0.25, 0.3) is 0 Å². The highest BCUT2D eigenvalue weighted by Gasteiger charge is 2.14. The van der Waals surface area contributed by atoms with E-state index < -0.39 is 9.84 Å². The molecule has 1 unspecified atom stereocenters. The Hall–Kier alpha value is -0.130. The summed E-state index contributed by atoms with van der Waals surface area (Å²) in [4.78, 5) is 2.11. The summed E-state index contributed by atoms with van der Waals surface area (Å²) in [7, 11) is -0.813. The maximum Gasteiger partial charge on any atom is 0.148 e. The van der Waals surface area contributed by atoms with Crippen LogP contribution in [0.1, 0.15) is 19.3 Å². The molecule has 1 fully saturated rings. The average Bonchev–Trinajstić information content (AvgIpc) is 2.66. The first kappa shape index (κ1) is 13.9. The van der Waals surface area contributed by atoms with Crippen molar-refractivity contribution in [1.29, 1.82) is 0 Å². The van der Waals surface area contributed by atoms with Gasteiger partial charge in [0.2, 0.25) is 0 Å². The van der Waals surface area contributed by atoms with E-state index in [1.807, 2.05) is 7.05 Å². The second-order valence-electron chi connectivity index (χ2n) is 4.93. The van der Waals surface area contributed by atoms with E-state index >= 15 is 0 Å². The van der Waals surface area contributed by atoms with Gasteiger partial charge in [-0.2, -0.15) is 0 Å². The lowest BCUT2D eigenvalue weighted by Gasteiger charge is -2.16. The quantitative estimate of drug-likeness (QED) is 0.706. The summed E-state index contributed by atoms with van der Waals surface area (Å²) in [5.41, 5.74) is 0. The number of hydrogen-bond donors (Lipinski definition) is 1. The smallest absolute Gasteiger partial charge is 0.148 e. The number of hydrogen-bond acceptors (Lipinski definition) is 4. The molecule has 0 aromatic rings. The van der Waals surface area contributed by atoms with Crippen molar-refractivity contribution in [3.63, 3.8) is 0 Å². The van der Waals surface area contributed by atoms with Gasteiger partial charge in [0.15, 0.2) is 0 Å². The van der Waals surface area contributed by atoms with E-state index in [9.17, 15) is 8.42 Å². The molecule has 1 aliphatic heterocycles. The van der Waals surface area contributed by atoms with E-state index in [0.717, 1.165) is 25.6 Å². The Morgan fingerprint density at radius 2 is 2.12 bits per heavy atom. The van der Waals surface area contributed by atoms with Crippen molar-refractivity contribution in [2.45, 2.75) is 19.3 Å².